The molecule has 1 aliphatic rings. The Bertz CT molecular complexity index is 960. The fraction of sp³-hybridized carbons (Fsp3) is 0.273. The van der Waals surface area contributed by atoms with Gasteiger partial charge in [0.2, 0.25) is 0 Å². The monoisotopic (exact) mass is 430 g/mol. The number of rotatable bonds is 6. The van der Waals surface area contributed by atoms with Gasteiger partial charge in [-0.1, -0.05) is 36.7 Å². The van der Waals surface area contributed by atoms with Gasteiger partial charge in [-0.3, -0.25) is 9.69 Å². The van der Waals surface area contributed by atoms with Crippen LogP contribution in [0.15, 0.2) is 52.4 Å². The number of para-hydroxylation sites is 1. The van der Waals surface area contributed by atoms with Crippen molar-refractivity contribution in [2.45, 2.75) is 26.4 Å². The zero-order chi connectivity index (χ0) is 21.0. The molecule has 2 aromatic carbocycles. The summed E-state index contributed by atoms with van der Waals surface area (Å²) in [4.78, 5) is 19.3. The van der Waals surface area contributed by atoms with Crippen molar-refractivity contribution in [1.29, 1.82) is 0 Å². The van der Waals surface area contributed by atoms with Crippen LogP contribution in [0.1, 0.15) is 25.8 Å². The molecule has 1 amide bonds. The van der Waals surface area contributed by atoms with E-state index in [9.17, 15) is 4.79 Å². The highest BCUT2D eigenvalue weighted by Gasteiger charge is 2.30. The van der Waals surface area contributed by atoms with Gasteiger partial charge in [-0.25, -0.2) is 4.99 Å². The fourth-order valence-electron chi connectivity index (χ4n) is 2.64. The maximum Gasteiger partial charge on any atom is 0.266 e. The summed E-state index contributed by atoms with van der Waals surface area (Å²) in [5.74, 6) is 0.936. The average molecular weight is 431 g/mol. The number of hydrogen-bond acceptors (Lipinski definition) is 5. The number of benzene rings is 2. The van der Waals surface area contributed by atoms with Crippen LogP contribution in [0.5, 0.6) is 11.5 Å². The minimum Gasteiger partial charge on any atom is -0.493 e. The van der Waals surface area contributed by atoms with E-state index in [1.165, 1.54) is 11.8 Å². The summed E-state index contributed by atoms with van der Waals surface area (Å²) in [6.45, 7) is 4.01. The molecular formula is C22H23ClN2O3S. The number of carbonyl (C=O) groups is 1. The highest BCUT2D eigenvalue weighted by molar-refractivity contribution is 8.18. The Kier molecular flexibility index (Phi) is 6.87. The molecule has 2 aromatic rings. The van der Waals surface area contributed by atoms with Crippen LogP contribution in [0, 0.1) is 0 Å². The van der Waals surface area contributed by atoms with Gasteiger partial charge < -0.3 is 9.47 Å². The van der Waals surface area contributed by atoms with Crippen molar-refractivity contribution in [3.05, 3.63) is 58.0 Å². The van der Waals surface area contributed by atoms with Gasteiger partial charge in [0.1, 0.15) is 0 Å². The summed E-state index contributed by atoms with van der Waals surface area (Å²) >= 11 is 7.77. The van der Waals surface area contributed by atoms with Crippen molar-refractivity contribution in [3.63, 3.8) is 0 Å². The lowest BCUT2D eigenvalue weighted by Gasteiger charge is -2.17. The number of carbonyl (C=O) groups excluding carboxylic acids is 1. The molecule has 1 aliphatic heterocycles. The molecule has 0 aromatic heterocycles. The number of amides is 1. The molecule has 0 spiro atoms. The topological polar surface area (TPSA) is 51.1 Å². The van der Waals surface area contributed by atoms with Gasteiger partial charge in [0, 0.05) is 7.05 Å². The third-order valence-corrected chi connectivity index (χ3v) is 5.77. The van der Waals surface area contributed by atoms with E-state index in [2.05, 4.69) is 4.99 Å². The minimum atomic E-state index is -0.111. The van der Waals surface area contributed by atoms with Crippen molar-refractivity contribution in [2.75, 3.05) is 14.2 Å². The van der Waals surface area contributed by atoms with Gasteiger partial charge in [0.05, 0.1) is 28.8 Å². The summed E-state index contributed by atoms with van der Waals surface area (Å²) in [5.41, 5.74) is 1.56. The van der Waals surface area contributed by atoms with Crippen LogP contribution in [0.4, 0.5) is 5.69 Å². The predicted molar refractivity (Wildman–Crippen MR) is 120 cm³/mol. The van der Waals surface area contributed by atoms with Crippen LogP contribution in [0.3, 0.4) is 0 Å². The van der Waals surface area contributed by atoms with Crippen molar-refractivity contribution in [3.8, 4) is 11.5 Å². The van der Waals surface area contributed by atoms with Gasteiger partial charge in [-0.2, -0.15) is 0 Å². The molecule has 0 saturated carbocycles. The number of hydrogen-bond donors (Lipinski definition) is 0. The van der Waals surface area contributed by atoms with Gasteiger partial charge in [0.25, 0.3) is 5.91 Å². The molecule has 3 rings (SSSR count). The van der Waals surface area contributed by atoms with Crippen LogP contribution < -0.4 is 9.47 Å². The largest absolute Gasteiger partial charge is 0.493 e. The molecule has 1 saturated heterocycles. The number of nitrogens with zero attached hydrogens (tertiary/aromatic N) is 2. The third kappa shape index (κ3) is 4.95. The SMILES string of the molecule is CCC(C)Oc1c(Cl)cc(C=C2SC(=Nc3ccccc3)N(C)C2=O)cc1OC. The van der Waals surface area contributed by atoms with E-state index in [0.29, 0.717) is 26.6 Å². The predicted octanol–water partition coefficient (Wildman–Crippen LogP) is 5.76. The highest BCUT2D eigenvalue weighted by atomic mass is 35.5. The Balaban J connectivity index is 1.90. The van der Waals surface area contributed by atoms with Gasteiger partial charge in [-0.05, 0) is 61.0 Å². The smallest absolute Gasteiger partial charge is 0.266 e. The number of likely N-dealkylation sites (N-methyl/N-ethyl adjacent to an activating group) is 1. The van der Waals surface area contributed by atoms with E-state index in [1.54, 1.807) is 31.2 Å². The second-order valence-electron chi connectivity index (χ2n) is 6.58. The summed E-state index contributed by atoms with van der Waals surface area (Å²) in [5, 5.41) is 1.07. The Morgan fingerprint density at radius 3 is 2.66 bits per heavy atom. The number of thioether (sulfide) groups is 1. The molecule has 5 nitrogen and oxygen atoms in total. The van der Waals surface area contributed by atoms with Crippen molar-refractivity contribution >= 4 is 46.2 Å². The molecule has 1 heterocycles. The quantitative estimate of drug-likeness (QED) is 0.546. The molecule has 0 bridgehead atoms. The Morgan fingerprint density at radius 2 is 2.00 bits per heavy atom. The molecule has 0 radical (unpaired) electrons. The van der Waals surface area contributed by atoms with E-state index < -0.39 is 0 Å². The van der Waals surface area contributed by atoms with Crippen molar-refractivity contribution in [1.82, 2.24) is 4.90 Å². The average Bonchev–Trinajstić information content (AvgIpc) is 2.98. The first-order valence-corrected chi connectivity index (χ1v) is 10.5. The van der Waals surface area contributed by atoms with Crippen LogP contribution in [0.25, 0.3) is 6.08 Å². The second-order valence-corrected chi connectivity index (χ2v) is 7.99. The lowest BCUT2D eigenvalue weighted by Crippen LogP contribution is -2.23. The molecule has 1 fully saturated rings. The van der Waals surface area contributed by atoms with E-state index in [1.807, 2.05) is 50.2 Å². The second kappa shape index (κ2) is 9.37. The van der Waals surface area contributed by atoms with Gasteiger partial charge in [0.15, 0.2) is 16.7 Å². The van der Waals surface area contributed by atoms with Crippen molar-refractivity contribution < 1.29 is 14.3 Å². The fourth-order valence-corrected chi connectivity index (χ4v) is 3.89. The first kappa shape index (κ1) is 21.3. The lowest BCUT2D eigenvalue weighted by molar-refractivity contribution is -0.121. The van der Waals surface area contributed by atoms with Crippen LogP contribution in [0.2, 0.25) is 5.02 Å². The number of halogens is 1. The lowest BCUT2D eigenvalue weighted by atomic mass is 10.1. The summed E-state index contributed by atoms with van der Waals surface area (Å²) in [6, 6.07) is 13.1. The van der Waals surface area contributed by atoms with Crippen LogP contribution >= 0.6 is 23.4 Å². The van der Waals surface area contributed by atoms with E-state index in [0.717, 1.165) is 17.7 Å². The maximum atomic E-state index is 12.7. The summed E-state index contributed by atoms with van der Waals surface area (Å²) in [7, 11) is 3.29. The Labute approximate surface area is 180 Å². The first-order chi connectivity index (χ1) is 13.9. The highest BCUT2D eigenvalue weighted by Crippen LogP contribution is 2.39. The molecule has 29 heavy (non-hydrogen) atoms. The maximum absolute atomic E-state index is 12.7. The third-order valence-electron chi connectivity index (χ3n) is 4.43. The van der Waals surface area contributed by atoms with Crippen LogP contribution in [-0.4, -0.2) is 36.2 Å². The normalized spacial score (nSPS) is 17.8. The summed E-state index contributed by atoms with van der Waals surface area (Å²) in [6.07, 6.45) is 2.66. The van der Waals surface area contributed by atoms with Crippen LogP contribution in [-0.2, 0) is 4.79 Å². The molecule has 0 aliphatic carbocycles. The number of methoxy groups -OCH3 is 1. The number of aliphatic imine (C=N–C) groups is 1. The first-order valence-electron chi connectivity index (χ1n) is 9.28. The zero-order valence-corrected chi connectivity index (χ0v) is 18.4. The van der Waals surface area contributed by atoms with Gasteiger partial charge >= 0.3 is 0 Å². The number of ether oxygens (including phenoxy) is 2. The molecular weight excluding hydrogens is 408 g/mol. The molecule has 7 heteroatoms. The summed E-state index contributed by atoms with van der Waals surface area (Å²) < 4.78 is 11.3. The molecule has 1 unspecified atom stereocenters. The van der Waals surface area contributed by atoms with E-state index in [-0.39, 0.29) is 12.0 Å². The molecule has 0 N–H and O–H groups in total. The van der Waals surface area contributed by atoms with Gasteiger partial charge in [-0.15, -0.1) is 0 Å². The molecule has 152 valence electrons. The molecule has 1 atom stereocenters. The zero-order valence-electron chi connectivity index (χ0n) is 16.8. The van der Waals surface area contributed by atoms with E-state index >= 15 is 0 Å². The standard InChI is InChI=1S/C22H23ClN2O3S/c1-5-14(2)28-20-17(23)11-15(12-18(20)27-4)13-19-21(26)25(3)22(29-19)24-16-9-7-6-8-10-16/h6-14H,5H2,1-4H3. The minimum absolute atomic E-state index is 0.0166. The van der Waals surface area contributed by atoms with Crippen molar-refractivity contribution in [2.24, 2.45) is 4.99 Å². The Morgan fingerprint density at radius 1 is 1.28 bits per heavy atom. The van der Waals surface area contributed by atoms with E-state index in [4.69, 9.17) is 21.1 Å². The Hall–Kier alpha value is -2.44. The number of amidine groups is 1.